The Kier molecular flexibility index (Phi) is 7.34. The Morgan fingerprint density at radius 1 is 1.13 bits per heavy atom. The number of hydrogen-bond donors (Lipinski definition) is 3. The molecule has 1 aliphatic rings. The summed E-state index contributed by atoms with van der Waals surface area (Å²) in [6.07, 6.45) is 2.19. The summed E-state index contributed by atoms with van der Waals surface area (Å²) in [5, 5.41) is 18.3. The molecule has 0 unspecified atom stereocenters. The number of halogens is 1. The average Bonchev–Trinajstić information content (AvgIpc) is 3.41. The number of amides is 1. The van der Waals surface area contributed by atoms with Gasteiger partial charge in [-0.25, -0.2) is 0 Å². The molecule has 1 amide bonds. The van der Waals surface area contributed by atoms with Gasteiger partial charge in [-0.05, 0) is 98.7 Å². The Balaban J connectivity index is 1.65. The molecule has 0 saturated carbocycles. The molecule has 0 aliphatic carbocycles. The number of aromatic nitrogens is 2. The van der Waals surface area contributed by atoms with Crippen molar-refractivity contribution in [2.75, 3.05) is 10.2 Å². The van der Waals surface area contributed by atoms with Crippen LogP contribution in [0.5, 0.6) is 5.75 Å². The lowest BCUT2D eigenvalue weighted by Crippen LogP contribution is -2.29. The van der Waals surface area contributed by atoms with Gasteiger partial charge in [0.25, 0.3) is 0 Å². The fraction of sp³-hybridized carbons (Fsp3) is 0.233. The molecule has 5 rings (SSSR count). The van der Waals surface area contributed by atoms with Crippen molar-refractivity contribution in [1.29, 1.82) is 0 Å². The van der Waals surface area contributed by atoms with Crippen LogP contribution < -0.4 is 15.5 Å². The van der Waals surface area contributed by atoms with Crippen LogP contribution in [0.1, 0.15) is 53.6 Å². The third-order valence-electron chi connectivity index (χ3n) is 7.15. The van der Waals surface area contributed by atoms with Crippen LogP contribution in [0.25, 0.3) is 5.69 Å². The predicted octanol–water partition coefficient (Wildman–Crippen LogP) is 6.68. The van der Waals surface area contributed by atoms with E-state index in [0.717, 1.165) is 39.6 Å². The van der Waals surface area contributed by atoms with Gasteiger partial charge < -0.3 is 25.2 Å². The number of thiocarbonyl (C=S) groups is 1. The summed E-state index contributed by atoms with van der Waals surface area (Å²) in [6.45, 7) is 7.84. The van der Waals surface area contributed by atoms with E-state index in [2.05, 4.69) is 26.6 Å². The molecule has 1 aliphatic heterocycles. The number of aryl methyl sites for hydroxylation is 2. The Labute approximate surface area is 238 Å². The molecule has 3 heterocycles. The number of carbonyl (C=O) groups is 1. The van der Waals surface area contributed by atoms with Gasteiger partial charge in [-0.2, -0.15) is 0 Å². The van der Waals surface area contributed by atoms with E-state index in [4.69, 9.17) is 23.8 Å². The van der Waals surface area contributed by atoms with Crippen LogP contribution in [0.4, 0.5) is 11.4 Å². The summed E-state index contributed by atoms with van der Waals surface area (Å²) < 4.78 is 2.01. The highest BCUT2D eigenvalue weighted by molar-refractivity contribution is 7.80. The first-order valence-electron chi connectivity index (χ1n) is 12.8. The molecule has 7 nitrogen and oxygen atoms in total. The molecule has 0 bridgehead atoms. The van der Waals surface area contributed by atoms with Crippen molar-refractivity contribution in [2.45, 2.75) is 46.2 Å². The molecule has 9 heteroatoms. The van der Waals surface area contributed by atoms with Crippen molar-refractivity contribution < 1.29 is 9.90 Å². The Bertz CT molecular complexity index is 1570. The van der Waals surface area contributed by atoms with Crippen LogP contribution in [-0.4, -0.2) is 25.7 Å². The summed E-state index contributed by atoms with van der Waals surface area (Å²) >= 11 is 12.2. The molecule has 39 heavy (non-hydrogen) atoms. The number of phenolic OH excluding ortho intramolecular Hbond substituents is 1. The third-order valence-corrected chi connectivity index (χ3v) is 7.70. The van der Waals surface area contributed by atoms with Gasteiger partial charge in [-0.3, -0.25) is 9.78 Å². The number of nitrogens with one attached hydrogen (secondary N) is 2. The second-order valence-corrected chi connectivity index (χ2v) is 10.5. The fourth-order valence-electron chi connectivity index (χ4n) is 5.26. The molecule has 3 N–H and O–H groups in total. The number of nitrogens with zero attached hydrogens (tertiary/aromatic N) is 3. The molecule has 2 atom stereocenters. The lowest BCUT2D eigenvalue weighted by Gasteiger charge is -2.29. The smallest absolute Gasteiger partial charge is 0.224 e. The lowest BCUT2D eigenvalue weighted by atomic mass is 9.96. The van der Waals surface area contributed by atoms with Crippen molar-refractivity contribution >= 4 is 46.2 Å². The van der Waals surface area contributed by atoms with Crippen LogP contribution in [0.15, 0.2) is 66.9 Å². The van der Waals surface area contributed by atoms with Gasteiger partial charge in [-0.1, -0.05) is 24.6 Å². The standard InChI is InChI=1S/C30H30ClN5O2S/c1-5-27(38)33-23-11-10-21(14-17(23)2)36-29(28(34-30(36)39)24-8-6-7-13-32-24)22-15-18(3)35(19(22)4)25-16-20(31)9-12-26(25)37/h6-16,28-29,37H,5H2,1-4H3,(H,33,38)(H,34,39)/t28-,29-/m0/s1. The molecule has 1 saturated heterocycles. The molecule has 1 fully saturated rings. The van der Waals surface area contributed by atoms with Gasteiger partial charge in [0.2, 0.25) is 5.91 Å². The van der Waals surface area contributed by atoms with Gasteiger partial charge >= 0.3 is 0 Å². The summed E-state index contributed by atoms with van der Waals surface area (Å²) in [5.74, 6) is 0.111. The first-order chi connectivity index (χ1) is 18.7. The molecule has 2 aromatic carbocycles. The predicted molar refractivity (Wildman–Crippen MR) is 160 cm³/mol. The van der Waals surface area contributed by atoms with E-state index in [1.54, 1.807) is 24.4 Å². The van der Waals surface area contributed by atoms with E-state index < -0.39 is 0 Å². The van der Waals surface area contributed by atoms with E-state index in [1.165, 1.54) is 0 Å². The van der Waals surface area contributed by atoms with Crippen LogP contribution in [0.3, 0.4) is 0 Å². The van der Waals surface area contributed by atoms with E-state index in [0.29, 0.717) is 22.2 Å². The molecule has 0 radical (unpaired) electrons. The van der Waals surface area contributed by atoms with Crippen LogP contribution in [0.2, 0.25) is 5.02 Å². The highest BCUT2D eigenvalue weighted by atomic mass is 35.5. The van der Waals surface area contributed by atoms with Crippen molar-refractivity contribution in [3.05, 3.63) is 100 Å². The van der Waals surface area contributed by atoms with Gasteiger partial charge in [0, 0.05) is 40.4 Å². The largest absolute Gasteiger partial charge is 0.506 e. The minimum Gasteiger partial charge on any atom is -0.506 e. The molecular formula is C30H30ClN5O2S. The van der Waals surface area contributed by atoms with E-state index in [1.807, 2.05) is 68.7 Å². The number of hydrogen-bond acceptors (Lipinski definition) is 4. The maximum Gasteiger partial charge on any atom is 0.224 e. The van der Waals surface area contributed by atoms with Gasteiger partial charge in [-0.15, -0.1) is 0 Å². The van der Waals surface area contributed by atoms with Crippen molar-refractivity contribution in [2.24, 2.45) is 0 Å². The number of pyridine rings is 1. The van der Waals surface area contributed by atoms with Crippen molar-refractivity contribution in [3.63, 3.8) is 0 Å². The number of anilines is 2. The molecule has 0 spiro atoms. The zero-order valence-electron chi connectivity index (χ0n) is 22.2. The maximum absolute atomic E-state index is 12.0. The Hall–Kier alpha value is -3.88. The highest BCUT2D eigenvalue weighted by Gasteiger charge is 2.42. The maximum atomic E-state index is 12.0. The number of phenols is 1. The number of carbonyl (C=O) groups excluding carboxylic acids is 1. The highest BCUT2D eigenvalue weighted by Crippen LogP contribution is 2.44. The van der Waals surface area contributed by atoms with Gasteiger partial charge in [0.15, 0.2) is 5.11 Å². The topological polar surface area (TPSA) is 82.4 Å². The second-order valence-electron chi connectivity index (χ2n) is 9.69. The minimum absolute atomic E-state index is 0.0333. The minimum atomic E-state index is -0.232. The summed E-state index contributed by atoms with van der Waals surface area (Å²) in [4.78, 5) is 18.8. The van der Waals surface area contributed by atoms with E-state index in [-0.39, 0.29) is 23.7 Å². The van der Waals surface area contributed by atoms with E-state index in [9.17, 15) is 9.90 Å². The zero-order chi connectivity index (χ0) is 27.8. The summed E-state index contributed by atoms with van der Waals surface area (Å²) in [5.41, 5.74) is 7.04. The van der Waals surface area contributed by atoms with Crippen LogP contribution >= 0.6 is 23.8 Å². The Morgan fingerprint density at radius 2 is 1.92 bits per heavy atom. The average molecular weight is 560 g/mol. The first-order valence-corrected chi connectivity index (χ1v) is 13.6. The molecule has 4 aromatic rings. The van der Waals surface area contributed by atoms with E-state index >= 15 is 0 Å². The molecular weight excluding hydrogens is 530 g/mol. The van der Waals surface area contributed by atoms with Gasteiger partial charge in [0.1, 0.15) is 5.75 Å². The zero-order valence-corrected chi connectivity index (χ0v) is 23.8. The Morgan fingerprint density at radius 3 is 2.62 bits per heavy atom. The van der Waals surface area contributed by atoms with Crippen molar-refractivity contribution in [3.8, 4) is 11.4 Å². The quantitative estimate of drug-likeness (QED) is 0.229. The number of aromatic hydroxyl groups is 1. The SMILES string of the molecule is CCC(=O)Nc1ccc(N2C(=S)N[C@@H](c3ccccn3)[C@@H]2c2cc(C)n(-c3cc(Cl)ccc3O)c2C)cc1C. The number of rotatable bonds is 6. The fourth-order valence-corrected chi connectivity index (χ4v) is 5.77. The normalized spacial score (nSPS) is 16.8. The lowest BCUT2D eigenvalue weighted by molar-refractivity contribution is -0.115. The summed E-state index contributed by atoms with van der Waals surface area (Å²) in [7, 11) is 0. The van der Waals surface area contributed by atoms with Crippen LogP contribution in [0, 0.1) is 20.8 Å². The first kappa shape index (κ1) is 26.7. The summed E-state index contributed by atoms with van der Waals surface area (Å²) in [6, 6.07) is 18.5. The molecule has 2 aromatic heterocycles. The second kappa shape index (κ2) is 10.7. The monoisotopic (exact) mass is 559 g/mol. The van der Waals surface area contributed by atoms with Crippen LogP contribution in [-0.2, 0) is 4.79 Å². The van der Waals surface area contributed by atoms with Gasteiger partial charge in [0.05, 0.1) is 23.5 Å². The third kappa shape index (κ3) is 4.97. The number of benzene rings is 2. The van der Waals surface area contributed by atoms with Crippen molar-refractivity contribution in [1.82, 2.24) is 14.9 Å². The molecule has 200 valence electrons.